The van der Waals surface area contributed by atoms with Gasteiger partial charge in [-0.25, -0.2) is 18.8 Å². The molecule has 182 valence electrons. The normalized spacial score (nSPS) is 13.5. The van der Waals surface area contributed by atoms with Gasteiger partial charge in [-0.05, 0) is 66.4 Å². The minimum atomic E-state index is -0.529. The maximum atomic E-state index is 13.5. The monoisotopic (exact) mass is 482 g/mol. The highest BCUT2D eigenvalue weighted by Gasteiger charge is 2.33. The largest absolute Gasteiger partial charge is 0.366 e. The highest BCUT2D eigenvalue weighted by Crippen LogP contribution is 2.36. The van der Waals surface area contributed by atoms with Gasteiger partial charge in [0, 0.05) is 31.4 Å². The molecule has 0 radical (unpaired) electrons. The van der Waals surface area contributed by atoms with Crippen molar-refractivity contribution in [3.8, 4) is 16.8 Å². The molecule has 3 amide bonds. The van der Waals surface area contributed by atoms with Crippen molar-refractivity contribution in [3.05, 3.63) is 94.2 Å². The van der Waals surface area contributed by atoms with E-state index in [0.29, 0.717) is 24.3 Å². The van der Waals surface area contributed by atoms with Gasteiger partial charge in [-0.1, -0.05) is 30.3 Å². The van der Waals surface area contributed by atoms with E-state index in [9.17, 15) is 14.4 Å². The highest BCUT2D eigenvalue weighted by atomic mass is 16.2. The van der Waals surface area contributed by atoms with Gasteiger partial charge in [0.1, 0.15) is 6.33 Å². The number of carbonyl (C=O) groups is 2. The van der Waals surface area contributed by atoms with Crippen LogP contribution in [0.15, 0.2) is 71.8 Å². The van der Waals surface area contributed by atoms with E-state index in [1.54, 1.807) is 41.1 Å². The first-order valence-electron chi connectivity index (χ1n) is 11.6. The van der Waals surface area contributed by atoms with Crippen LogP contribution in [0.4, 0.5) is 16.2 Å². The van der Waals surface area contributed by atoms with Crippen LogP contribution in [0.1, 0.15) is 21.5 Å². The molecule has 1 aliphatic rings. The van der Waals surface area contributed by atoms with E-state index in [2.05, 4.69) is 5.10 Å². The van der Waals surface area contributed by atoms with Crippen molar-refractivity contribution in [1.29, 1.82) is 0 Å². The first-order valence-corrected chi connectivity index (χ1v) is 11.6. The van der Waals surface area contributed by atoms with E-state index in [1.165, 1.54) is 15.6 Å². The number of nitrogens with two attached hydrogens (primary N) is 1. The van der Waals surface area contributed by atoms with E-state index in [4.69, 9.17) is 5.73 Å². The zero-order chi connectivity index (χ0) is 25.6. The van der Waals surface area contributed by atoms with Gasteiger partial charge in [0.15, 0.2) is 0 Å². The van der Waals surface area contributed by atoms with Crippen LogP contribution in [0, 0.1) is 13.8 Å². The smallest absolute Gasteiger partial charge is 0.350 e. The number of carbonyl (C=O) groups excluding carboxylic acids is 2. The Labute approximate surface area is 208 Å². The Balaban J connectivity index is 1.47. The van der Waals surface area contributed by atoms with Crippen LogP contribution in [0.3, 0.4) is 0 Å². The third kappa shape index (κ3) is 3.84. The van der Waals surface area contributed by atoms with E-state index in [1.807, 2.05) is 50.2 Å². The number of aromatic nitrogens is 3. The van der Waals surface area contributed by atoms with Crippen LogP contribution in [-0.4, -0.2) is 39.4 Å². The Morgan fingerprint density at radius 3 is 2.31 bits per heavy atom. The molecule has 3 aromatic carbocycles. The molecule has 0 aliphatic carbocycles. The first-order chi connectivity index (χ1) is 17.3. The standard InChI is InChI=1S/C27H26N6O3/c1-17-7-12-23(19-8-10-21(11-9-19)33-16-29-30(3)26(33)35)18(2)24(17)32-14-13-31(27(32)36)22-6-4-5-20(15-22)25(28)34/h4-12,15-16H,13-14H2,1-3H3,(H2,28,34). The number of aryl methyl sites for hydroxylation is 2. The van der Waals surface area contributed by atoms with Crippen LogP contribution in [0.25, 0.3) is 16.8 Å². The Kier molecular flexibility index (Phi) is 5.68. The van der Waals surface area contributed by atoms with Crippen molar-refractivity contribution in [2.45, 2.75) is 13.8 Å². The summed E-state index contributed by atoms with van der Waals surface area (Å²) < 4.78 is 2.77. The van der Waals surface area contributed by atoms with Crippen LogP contribution >= 0.6 is 0 Å². The molecule has 9 heteroatoms. The topological polar surface area (TPSA) is 106 Å². The summed E-state index contributed by atoms with van der Waals surface area (Å²) in [4.78, 5) is 40.7. The van der Waals surface area contributed by atoms with E-state index in [0.717, 1.165) is 33.6 Å². The highest BCUT2D eigenvalue weighted by molar-refractivity contribution is 6.08. The molecule has 0 spiro atoms. The van der Waals surface area contributed by atoms with Crippen LogP contribution < -0.4 is 21.2 Å². The lowest BCUT2D eigenvalue weighted by Gasteiger charge is -2.24. The molecule has 9 nitrogen and oxygen atoms in total. The molecule has 2 heterocycles. The Morgan fingerprint density at radius 2 is 1.64 bits per heavy atom. The number of amides is 3. The second kappa shape index (κ2) is 8.84. The molecule has 36 heavy (non-hydrogen) atoms. The fourth-order valence-electron chi connectivity index (χ4n) is 4.74. The summed E-state index contributed by atoms with van der Waals surface area (Å²) in [5.74, 6) is -0.529. The predicted molar refractivity (Wildman–Crippen MR) is 139 cm³/mol. The molecule has 0 saturated carbocycles. The summed E-state index contributed by atoms with van der Waals surface area (Å²) in [6.45, 7) is 5.03. The van der Waals surface area contributed by atoms with Crippen LogP contribution in [0.2, 0.25) is 0 Å². The zero-order valence-corrected chi connectivity index (χ0v) is 20.3. The first kappa shape index (κ1) is 23.1. The van der Waals surface area contributed by atoms with E-state index in [-0.39, 0.29) is 11.7 Å². The summed E-state index contributed by atoms with van der Waals surface area (Å²) in [6, 6.07) is 18.4. The molecule has 1 aliphatic heterocycles. The van der Waals surface area contributed by atoms with Gasteiger partial charge < -0.3 is 5.73 Å². The second-order valence-electron chi connectivity index (χ2n) is 8.86. The summed E-state index contributed by atoms with van der Waals surface area (Å²) in [5, 5.41) is 4.00. The van der Waals surface area contributed by atoms with Crippen molar-refractivity contribution in [2.24, 2.45) is 12.8 Å². The molecule has 1 fully saturated rings. The summed E-state index contributed by atoms with van der Waals surface area (Å²) in [6.07, 6.45) is 1.50. The number of benzene rings is 3. The summed E-state index contributed by atoms with van der Waals surface area (Å²) in [7, 11) is 1.61. The number of rotatable bonds is 5. The molecule has 0 atom stereocenters. The number of nitrogens with zero attached hydrogens (tertiary/aromatic N) is 5. The number of hydrogen-bond donors (Lipinski definition) is 1. The maximum Gasteiger partial charge on any atom is 0.350 e. The lowest BCUT2D eigenvalue weighted by Crippen LogP contribution is -2.32. The van der Waals surface area contributed by atoms with Crippen LogP contribution in [0.5, 0.6) is 0 Å². The number of hydrogen-bond acceptors (Lipinski definition) is 4. The lowest BCUT2D eigenvalue weighted by atomic mass is 9.96. The minimum Gasteiger partial charge on any atom is -0.366 e. The molecule has 4 aromatic rings. The lowest BCUT2D eigenvalue weighted by molar-refractivity contribution is 0.1000. The third-order valence-corrected chi connectivity index (χ3v) is 6.63. The van der Waals surface area contributed by atoms with Gasteiger partial charge >= 0.3 is 11.7 Å². The number of primary amides is 1. The molecule has 2 N–H and O–H groups in total. The molecule has 0 unspecified atom stereocenters. The molecular formula is C27H26N6O3. The molecule has 1 aromatic heterocycles. The van der Waals surface area contributed by atoms with Gasteiger partial charge in [0.25, 0.3) is 0 Å². The summed E-state index contributed by atoms with van der Waals surface area (Å²) in [5.41, 5.74) is 11.8. The Morgan fingerprint density at radius 1 is 0.917 bits per heavy atom. The average Bonchev–Trinajstić information content (AvgIpc) is 3.41. The molecule has 5 rings (SSSR count). The predicted octanol–water partition coefficient (Wildman–Crippen LogP) is 3.40. The van der Waals surface area contributed by atoms with Crippen LogP contribution in [-0.2, 0) is 7.05 Å². The van der Waals surface area contributed by atoms with Gasteiger partial charge in [-0.3, -0.25) is 14.6 Å². The fraction of sp³-hybridized carbons (Fsp3) is 0.185. The average molecular weight is 483 g/mol. The summed E-state index contributed by atoms with van der Waals surface area (Å²) >= 11 is 0. The second-order valence-corrected chi connectivity index (χ2v) is 8.86. The van der Waals surface area contributed by atoms with Gasteiger partial charge in [0.2, 0.25) is 5.91 Å². The molecule has 1 saturated heterocycles. The maximum absolute atomic E-state index is 13.5. The quantitative estimate of drug-likeness (QED) is 0.470. The van der Waals surface area contributed by atoms with E-state index < -0.39 is 5.91 Å². The minimum absolute atomic E-state index is 0.147. The van der Waals surface area contributed by atoms with Crippen molar-refractivity contribution < 1.29 is 9.59 Å². The number of urea groups is 1. The van der Waals surface area contributed by atoms with Crippen molar-refractivity contribution in [1.82, 2.24) is 14.3 Å². The third-order valence-electron chi connectivity index (χ3n) is 6.63. The Bertz CT molecular complexity index is 1550. The van der Waals surface area contributed by atoms with E-state index >= 15 is 0 Å². The zero-order valence-electron chi connectivity index (χ0n) is 20.3. The SMILES string of the molecule is Cc1ccc(-c2ccc(-n3cnn(C)c3=O)cc2)c(C)c1N1CCN(c2cccc(C(N)=O)c2)C1=O. The van der Waals surface area contributed by atoms with Gasteiger partial charge in [-0.15, -0.1) is 0 Å². The number of anilines is 2. The Hall–Kier alpha value is -4.66. The van der Waals surface area contributed by atoms with Gasteiger partial charge in [-0.2, -0.15) is 5.10 Å². The molecular weight excluding hydrogens is 456 g/mol. The van der Waals surface area contributed by atoms with Crippen molar-refractivity contribution in [2.75, 3.05) is 22.9 Å². The molecule has 0 bridgehead atoms. The van der Waals surface area contributed by atoms with Gasteiger partial charge in [0.05, 0.1) is 11.4 Å². The van der Waals surface area contributed by atoms with Crippen molar-refractivity contribution in [3.63, 3.8) is 0 Å². The fourth-order valence-corrected chi connectivity index (χ4v) is 4.74. The van der Waals surface area contributed by atoms with Crippen molar-refractivity contribution >= 4 is 23.3 Å².